The zero-order valence-electron chi connectivity index (χ0n) is 15.0. The molecule has 3 fully saturated rings. The van der Waals surface area contributed by atoms with Crippen LogP contribution in [-0.4, -0.2) is 46.2 Å². The van der Waals surface area contributed by atoms with Gasteiger partial charge in [0.15, 0.2) is 11.4 Å². The van der Waals surface area contributed by atoms with E-state index in [4.69, 9.17) is 9.05 Å². The van der Waals surface area contributed by atoms with Crippen LogP contribution < -0.4 is 5.32 Å². The molecule has 5 rings (SSSR count). The van der Waals surface area contributed by atoms with Gasteiger partial charge in [-0.2, -0.15) is 0 Å². The van der Waals surface area contributed by atoms with E-state index in [1.54, 1.807) is 17.0 Å². The van der Waals surface area contributed by atoms with Crippen LogP contribution in [0.15, 0.2) is 21.2 Å². The maximum atomic E-state index is 12.8. The SMILES string of the molecule is O=C(NCCN(C(=O)c1cc(C2CC2)on1)C1CC1)c1cc(C2CC2)on1. The molecule has 1 N–H and O–H groups in total. The minimum absolute atomic E-state index is 0.125. The van der Waals surface area contributed by atoms with Crippen molar-refractivity contribution in [3.8, 4) is 0 Å². The Hall–Kier alpha value is -2.64. The predicted molar refractivity (Wildman–Crippen MR) is 93.3 cm³/mol. The zero-order chi connectivity index (χ0) is 18.4. The van der Waals surface area contributed by atoms with Crippen molar-refractivity contribution in [3.05, 3.63) is 35.0 Å². The van der Waals surface area contributed by atoms with Crippen molar-refractivity contribution in [2.45, 2.75) is 56.4 Å². The molecule has 0 atom stereocenters. The van der Waals surface area contributed by atoms with Gasteiger partial charge in [-0.15, -0.1) is 0 Å². The maximum Gasteiger partial charge on any atom is 0.276 e. The molecule has 3 aliphatic rings. The van der Waals surface area contributed by atoms with Crippen LogP contribution in [0.5, 0.6) is 0 Å². The summed E-state index contributed by atoms with van der Waals surface area (Å²) in [6, 6.07) is 3.71. The monoisotopic (exact) mass is 370 g/mol. The number of hydrogen-bond donors (Lipinski definition) is 1. The van der Waals surface area contributed by atoms with Gasteiger partial charge in [-0.05, 0) is 38.5 Å². The van der Waals surface area contributed by atoms with Gasteiger partial charge in [-0.25, -0.2) is 0 Å². The second kappa shape index (κ2) is 6.51. The Kier molecular flexibility index (Phi) is 3.98. The first-order valence-electron chi connectivity index (χ1n) is 9.71. The lowest BCUT2D eigenvalue weighted by Gasteiger charge is -2.21. The van der Waals surface area contributed by atoms with Crippen molar-refractivity contribution in [2.24, 2.45) is 0 Å². The van der Waals surface area contributed by atoms with Crippen LogP contribution in [0, 0.1) is 0 Å². The fourth-order valence-corrected chi connectivity index (χ4v) is 3.27. The topological polar surface area (TPSA) is 101 Å². The molecule has 3 aliphatic carbocycles. The first kappa shape index (κ1) is 16.5. The number of carbonyl (C=O) groups is 2. The van der Waals surface area contributed by atoms with Crippen molar-refractivity contribution >= 4 is 11.8 Å². The number of amides is 2. The lowest BCUT2D eigenvalue weighted by atomic mass is 10.2. The van der Waals surface area contributed by atoms with Gasteiger partial charge in [-0.1, -0.05) is 10.3 Å². The highest BCUT2D eigenvalue weighted by Gasteiger charge is 2.35. The van der Waals surface area contributed by atoms with E-state index in [1.165, 1.54) is 0 Å². The van der Waals surface area contributed by atoms with Gasteiger partial charge in [0.05, 0.1) is 0 Å². The van der Waals surface area contributed by atoms with E-state index >= 15 is 0 Å². The summed E-state index contributed by atoms with van der Waals surface area (Å²) in [5, 5.41) is 10.6. The lowest BCUT2D eigenvalue weighted by Crippen LogP contribution is -2.40. The highest BCUT2D eigenvalue weighted by Crippen LogP contribution is 2.41. The summed E-state index contributed by atoms with van der Waals surface area (Å²) >= 11 is 0. The molecule has 8 heteroatoms. The van der Waals surface area contributed by atoms with Crippen molar-refractivity contribution in [2.75, 3.05) is 13.1 Å². The van der Waals surface area contributed by atoms with Crippen molar-refractivity contribution < 1.29 is 18.6 Å². The molecule has 2 aromatic heterocycles. The average molecular weight is 370 g/mol. The molecule has 2 amide bonds. The van der Waals surface area contributed by atoms with Gasteiger partial charge in [-0.3, -0.25) is 9.59 Å². The second-order valence-corrected chi connectivity index (χ2v) is 7.76. The van der Waals surface area contributed by atoms with Crippen LogP contribution in [0.2, 0.25) is 0 Å². The minimum atomic E-state index is -0.272. The Balaban J connectivity index is 1.17. The normalized spacial score (nSPS) is 19.1. The van der Waals surface area contributed by atoms with E-state index in [0.717, 1.165) is 50.0 Å². The van der Waals surface area contributed by atoms with E-state index in [0.29, 0.717) is 36.3 Å². The highest BCUT2D eigenvalue weighted by molar-refractivity contribution is 5.93. The number of aromatic nitrogens is 2. The molecule has 0 radical (unpaired) electrons. The van der Waals surface area contributed by atoms with E-state index in [9.17, 15) is 9.59 Å². The van der Waals surface area contributed by atoms with Crippen LogP contribution in [0.4, 0.5) is 0 Å². The fourth-order valence-electron chi connectivity index (χ4n) is 3.27. The molecule has 0 spiro atoms. The summed E-state index contributed by atoms with van der Waals surface area (Å²) in [4.78, 5) is 26.8. The summed E-state index contributed by atoms with van der Waals surface area (Å²) in [6.07, 6.45) is 6.37. The third-order valence-electron chi connectivity index (χ3n) is 5.35. The Morgan fingerprint density at radius 1 is 0.963 bits per heavy atom. The molecule has 0 unspecified atom stereocenters. The van der Waals surface area contributed by atoms with Crippen molar-refractivity contribution in [1.82, 2.24) is 20.5 Å². The Labute approximate surface area is 156 Å². The summed E-state index contributed by atoms with van der Waals surface area (Å²) in [5.74, 6) is 2.04. The summed E-state index contributed by atoms with van der Waals surface area (Å²) in [5.41, 5.74) is 0.660. The molecule has 142 valence electrons. The smallest absolute Gasteiger partial charge is 0.276 e. The molecule has 8 nitrogen and oxygen atoms in total. The van der Waals surface area contributed by atoms with Gasteiger partial charge < -0.3 is 19.3 Å². The molecular weight excluding hydrogens is 348 g/mol. The Morgan fingerprint density at radius 2 is 1.56 bits per heavy atom. The van der Waals surface area contributed by atoms with Gasteiger partial charge >= 0.3 is 0 Å². The number of rotatable bonds is 8. The summed E-state index contributed by atoms with van der Waals surface area (Å²) in [7, 11) is 0. The summed E-state index contributed by atoms with van der Waals surface area (Å²) in [6.45, 7) is 0.800. The Bertz CT molecular complexity index is 861. The van der Waals surface area contributed by atoms with Crippen molar-refractivity contribution in [3.63, 3.8) is 0 Å². The molecular formula is C19H22N4O4. The number of nitrogens with zero attached hydrogens (tertiary/aromatic N) is 3. The average Bonchev–Trinajstić information content (AvgIpc) is 3.58. The number of carbonyl (C=O) groups excluding carboxylic acids is 2. The molecule has 0 aliphatic heterocycles. The largest absolute Gasteiger partial charge is 0.360 e. The predicted octanol–water partition coefficient (Wildman–Crippen LogP) is 2.45. The van der Waals surface area contributed by atoms with E-state index < -0.39 is 0 Å². The second-order valence-electron chi connectivity index (χ2n) is 7.76. The quantitative estimate of drug-likeness (QED) is 0.766. The maximum absolute atomic E-state index is 12.8. The van der Waals surface area contributed by atoms with E-state index in [1.807, 2.05) is 0 Å². The Morgan fingerprint density at radius 3 is 2.15 bits per heavy atom. The summed E-state index contributed by atoms with van der Waals surface area (Å²) < 4.78 is 10.5. The van der Waals surface area contributed by atoms with E-state index in [-0.39, 0.29) is 17.9 Å². The fraction of sp³-hybridized carbons (Fsp3) is 0.579. The van der Waals surface area contributed by atoms with Crippen molar-refractivity contribution in [1.29, 1.82) is 0 Å². The molecule has 2 aromatic rings. The van der Waals surface area contributed by atoms with Crippen LogP contribution in [0.3, 0.4) is 0 Å². The zero-order valence-corrected chi connectivity index (χ0v) is 15.0. The first-order valence-corrected chi connectivity index (χ1v) is 9.71. The molecule has 0 saturated heterocycles. The molecule has 3 saturated carbocycles. The molecule has 27 heavy (non-hydrogen) atoms. The molecule has 0 aromatic carbocycles. The van der Waals surface area contributed by atoms with Crippen LogP contribution >= 0.6 is 0 Å². The third kappa shape index (κ3) is 3.61. The van der Waals surface area contributed by atoms with Gasteiger partial charge in [0.2, 0.25) is 0 Å². The lowest BCUT2D eigenvalue weighted by molar-refractivity contribution is 0.0725. The highest BCUT2D eigenvalue weighted by atomic mass is 16.5. The van der Waals surface area contributed by atoms with Gasteiger partial charge in [0, 0.05) is 43.1 Å². The number of nitrogens with one attached hydrogen (secondary N) is 1. The van der Waals surface area contributed by atoms with E-state index in [2.05, 4.69) is 15.6 Å². The standard InChI is InChI=1S/C19H22N4O4/c24-18(14-9-16(26-21-14)11-1-2-11)20-7-8-23(13-5-6-13)19(25)15-10-17(27-22-15)12-3-4-12/h9-13H,1-8H2,(H,20,24). The first-order chi connectivity index (χ1) is 13.2. The molecule has 0 bridgehead atoms. The van der Waals surface area contributed by atoms with Gasteiger partial charge in [0.1, 0.15) is 11.5 Å². The minimum Gasteiger partial charge on any atom is -0.360 e. The third-order valence-corrected chi connectivity index (χ3v) is 5.35. The van der Waals surface area contributed by atoms with Gasteiger partial charge in [0.25, 0.3) is 11.8 Å². The van der Waals surface area contributed by atoms with Crippen LogP contribution in [0.1, 0.15) is 82.9 Å². The van der Waals surface area contributed by atoms with Crippen LogP contribution in [0.25, 0.3) is 0 Å². The molecule has 2 heterocycles. The number of hydrogen-bond acceptors (Lipinski definition) is 6. The van der Waals surface area contributed by atoms with Crippen LogP contribution in [-0.2, 0) is 0 Å².